The summed E-state index contributed by atoms with van der Waals surface area (Å²) < 4.78 is 0. The highest BCUT2D eigenvalue weighted by molar-refractivity contribution is 5.56. The van der Waals surface area contributed by atoms with Gasteiger partial charge in [-0.3, -0.25) is 0 Å². The van der Waals surface area contributed by atoms with Crippen LogP contribution in [0.25, 0.3) is 0 Å². The molecule has 0 saturated carbocycles. The summed E-state index contributed by atoms with van der Waals surface area (Å²) >= 11 is 0. The van der Waals surface area contributed by atoms with Gasteiger partial charge in [-0.1, -0.05) is 26.0 Å². The molecule has 1 saturated heterocycles. The van der Waals surface area contributed by atoms with Crippen LogP contribution >= 0.6 is 0 Å². The summed E-state index contributed by atoms with van der Waals surface area (Å²) in [5.74, 6) is 3.34. The summed E-state index contributed by atoms with van der Waals surface area (Å²) in [6.45, 7) is 5.26. The van der Waals surface area contributed by atoms with Gasteiger partial charge in [0.1, 0.15) is 17.5 Å². The monoisotopic (exact) mass is 299 g/mol. The third kappa shape index (κ3) is 2.86. The molecule has 0 spiro atoms. The van der Waals surface area contributed by atoms with Gasteiger partial charge in [-0.25, -0.2) is 9.97 Å². The molecule has 3 N–H and O–H groups in total. The second-order valence-electron chi connectivity index (χ2n) is 6.53. The predicted octanol–water partition coefficient (Wildman–Crippen LogP) is 2.13. The fraction of sp³-hybridized carbons (Fsp3) is 0.529. The second kappa shape index (κ2) is 6.08. The van der Waals surface area contributed by atoms with Crippen molar-refractivity contribution in [3.05, 3.63) is 35.8 Å². The molecule has 0 aromatic carbocycles. The minimum absolute atomic E-state index is 0.445. The predicted molar refractivity (Wildman–Crippen MR) is 90.5 cm³/mol. The first kappa shape index (κ1) is 15.0. The standard InChI is InChI=1S/C17H25N5/c1-11(2)8-16-20-15(18)9-17(21-16)22-10-13(19-3)12-6-4-5-7-14(12)22/h4-5,7,9,11-13,19H,6,8,10H2,1-3H3,(H2,18,20,21). The zero-order chi connectivity index (χ0) is 15.7. The molecule has 2 heterocycles. The van der Waals surface area contributed by atoms with E-state index in [1.165, 1.54) is 5.70 Å². The van der Waals surface area contributed by atoms with Crippen molar-refractivity contribution in [3.8, 4) is 0 Å². The van der Waals surface area contributed by atoms with Gasteiger partial charge in [-0.05, 0) is 25.5 Å². The van der Waals surface area contributed by atoms with Crippen LogP contribution in [0.1, 0.15) is 26.1 Å². The van der Waals surface area contributed by atoms with Crippen molar-refractivity contribution in [3.63, 3.8) is 0 Å². The van der Waals surface area contributed by atoms with E-state index in [-0.39, 0.29) is 0 Å². The van der Waals surface area contributed by atoms with Gasteiger partial charge >= 0.3 is 0 Å². The van der Waals surface area contributed by atoms with Gasteiger partial charge in [0.15, 0.2) is 0 Å². The molecular formula is C17H25N5. The maximum Gasteiger partial charge on any atom is 0.138 e. The molecule has 3 rings (SSSR count). The molecular weight excluding hydrogens is 274 g/mol. The van der Waals surface area contributed by atoms with Gasteiger partial charge in [0.25, 0.3) is 0 Å². The number of fused-ring (bicyclic) bond motifs is 1. The van der Waals surface area contributed by atoms with Gasteiger partial charge in [0.05, 0.1) is 0 Å². The number of nitrogens with zero attached hydrogens (tertiary/aromatic N) is 3. The number of hydrogen-bond donors (Lipinski definition) is 2. The Morgan fingerprint density at radius 3 is 2.95 bits per heavy atom. The smallest absolute Gasteiger partial charge is 0.138 e. The van der Waals surface area contributed by atoms with E-state index in [0.29, 0.717) is 23.7 Å². The zero-order valence-corrected chi connectivity index (χ0v) is 13.6. The summed E-state index contributed by atoms with van der Waals surface area (Å²) in [5, 5.41) is 3.43. The maximum absolute atomic E-state index is 6.01. The van der Waals surface area contributed by atoms with Crippen LogP contribution in [-0.2, 0) is 6.42 Å². The number of anilines is 2. The quantitative estimate of drug-likeness (QED) is 0.891. The highest BCUT2D eigenvalue weighted by atomic mass is 15.3. The number of nitrogens with two attached hydrogens (primary N) is 1. The van der Waals surface area contributed by atoms with Crippen molar-refractivity contribution in [2.75, 3.05) is 24.2 Å². The van der Waals surface area contributed by atoms with E-state index in [1.807, 2.05) is 13.1 Å². The average molecular weight is 299 g/mol. The van der Waals surface area contributed by atoms with E-state index >= 15 is 0 Å². The molecule has 22 heavy (non-hydrogen) atoms. The van der Waals surface area contributed by atoms with Crippen molar-refractivity contribution in [2.24, 2.45) is 11.8 Å². The SMILES string of the molecule is CNC1CN(c2cc(N)nc(CC(C)C)n2)C2=CC=CCC21. The number of likely N-dealkylation sites (N-methyl/N-ethyl adjacent to an activating group) is 1. The Morgan fingerprint density at radius 2 is 2.23 bits per heavy atom. The third-order valence-electron chi connectivity index (χ3n) is 4.37. The summed E-state index contributed by atoms with van der Waals surface area (Å²) in [6.07, 6.45) is 8.50. The fourth-order valence-electron chi connectivity index (χ4n) is 3.34. The molecule has 2 aliphatic rings. The molecule has 2 atom stereocenters. The van der Waals surface area contributed by atoms with E-state index < -0.39 is 0 Å². The number of nitrogens with one attached hydrogen (secondary N) is 1. The van der Waals surface area contributed by atoms with Gasteiger partial charge < -0.3 is 16.0 Å². The molecule has 5 heteroatoms. The molecule has 1 aromatic rings. The van der Waals surface area contributed by atoms with E-state index in [0.717, 1.165) is 31.0 Å². The molecule has 2 unspecified atom stereocenters. The van der Waals surface area contributed by atoms with Crippen LogP contribution in [0.2, 0.25) is 0 Å². The average Bonchev–Trinajstić information content (AvgIpc) is 2.84. The van der Waals surface area contributed by atoms with Gasteiger partial charge in [-0.2, -0.15) is 0 Å². The fourth-order valence-corrected chi connectivity index (χ4v) is 3.34. The molecule has 0 amide bonds. The van der Waals surface area contributed by atoms with Crippen molar-refractivity contribution in [1.82, 2.24) is 15.3 Å². The number of hydrogen-bond acceptors (Lipinski definition) is 5. The molecule has 1 aliphatic carbocycles. The molecule has 0 bridgehead atoms. The largest absolute Gasteiger partial charge is 0.384 e. The third-order valence-corrected chi connectivity index (χ3v) is 4.37. The number of allylic oxidation sites excluding steroid dienone is 3. The van der Waals surface area contributed by atoms with Crippen LogP contribution in [0, 0.1) is 11.8 Å². The number of aromatic nitrogens is 2. The number of nitrogen functional groups attached to an aromatic ring is 1. The van der Waals surface area contributed by atoms with Crippen LogP contribution in [0.15, 0.2) is 30.0 Å². The summed E-state index contributed by atoms with van der Waals surface area (Å²) in [5.41, 5.74) is 7.34. The van der Waals surface area contributed by atoms with E-state index in [9.17, 15) is 0 Å². The Hall–Kier alpha value is -1.88. The van der Waals surface area contributed by atoms with Crippen LogP contribution < -0.4 is 16.0 Å². The molecule has 1 aliphatic heterocycles. The topological polar surface area (TPSA) is 67.1 Å². The highest BCUT2D eigenvalue weighted by Crippen LogP contribution is 2.36. The Morgan fingerprint density at radius 1 is 1.41 bits per heavy atom. The van der Waals surface area contributed by atoms with Crippen molar-refractivity contribution < 1.29 is 0 Å². The van der Waals surface area contributed by atoms with Gasteiger partial charge in [-0.15, -0.1) is 0 Å². The second-order valence-corrected chi connectivity index (χ2v) is 6.53. The minimum Gasteiger partial charge on any atom is -0.384 e. The lowest BCUT2D eigenvalue weighted by Gasteiger charge is -2.23. The van der Waals surface area contributed by atoms with Gasteiger partial charge in [0, 0.05) is 36.7 Å². The lowest BCUT2D eigenvalue weighted by Crippen LogP contribution is -2.33. The normalized spacial score (nSPS) is 23.8. The van der Waals surface area contributed by atoms with Crippen molar-refractivity contribution >= 4 is 11.6 Å². The Kier molecular flexibility index (Phi) is 4.16. The first-order valence-corrected chi connectivity index (χ1v) is 8.03. The lowest BCUT2D eigenvalue weighted by atomic mass is 9.93. The Balaban J connectivity index is 1.94. The lowest BCUT2D eigenvalue weighted by molar-refractivity contribution is 0.481. The summed E-state index contributed by atoms with van der Waals surface area (Å²) in [6, 6.07) is 2.33. The van der Waals surface area contributed by atoms with E-state index in [4.69, 9.17) is 10.7 Å². The molecule has 0 radical (unpaired) electrons. The first-order chi connectivity index (χ1) is 10.6. The van der Waals surface area contributed by atoms with E-state index in [1.54, 1.807) is 0 Å². The maximum atomic E-state index is 6.01. The highest BCUT2D eigenvalue weighted by Gasteiger charge is 2.37. The van der Waals surface area contributed by atoms with Crippen molar-refractivity contribution in [2.45, 2.75) is 32.7 Å². The van der Waals surface area contributed by atoms with Gasteiger partial charge in [0.2, 0.25) is 0 Å². The molecule has 5 nitrogen and oxygen atoms in total. The van der Waals surface area contributed by atoms with Crippen LogP contribution in [0.5, 0.6) is 0 Å². The summed E-state index contributed by atoms with van der Waals surface area (Å²) in [4.78, 5) is 11.4. The molecule has 118 valence electrons. The van der Waals surface area contributed by atoms with Crippen molar-refractivity contribution in [1.29, 1.82) is 0 Å². The first-order valence-electron chi connectivity index (χ1n) is 8.03. The Labute approximate surface area is 132 Å². The molecule has 1 aromatic heterocycles. The van der Waals surface area contributed by atoms with Crippen LogP contribution in [0.3, 0.4) is 0 Å². The van der Waals surface area contributed by atoms with Crippen LogP contribution in [-0.4, -0.2) is 29.6 Å². The summed E-state index contributed by atoms with van der Waals surface area (Å²) in [7, 11) is 2.03. The van der Waals surface area contributed by atoms with Crippen LogP contribution in [0.4, 0.5) is 11.6 Å². The van der Waals surface area contributed by atoms with E-state index in [2.05, 4.69) is 47.3 Å². The number of rotatable bonds is 4. The zero-order valence-electron chi connectivity index (χ0n) is 13.6. The Bertz CT molecular complexity index is 605. The molecule has 1 fully saturated rings. The minimum atomic E-state index is 0.445.